The SMILES string of the molecule is CC(=O)N1CCN(CCNC(=O)COc2ccc(C3=NNC(=O)CC3)cc2Cl)CC1. The Hall–Kier alpha value is -2.65. The summed E-state index contributed by atoms with van der Waals surface area (Å²) in [6.45, 7) is 5.75. The maximum absolute atomic E-state index is 12.0. The Morgan fingerprint density at radius 1 is 1.23 bits per heavy atom. The number of hydrogen-bond acceptors (Lipinski definition) is 6. The van der Waals surface area contributed by atoms with Crippen molar-refractivity contribution in [3.63, 3.8) is 0 Å². The van der Waals surface area contributed by atoms with Crippen LogP contribution in [-0.2, 0) is 14.4 Å². The van der Waals surface area contributed by atoms with Gasteiger partial charge < -0.3 is 15.0 Å². The zero-order valence-electron chi connectivity index (χ0n) is 16.9. The van der Waals surface area contributed by atoms with E-state index in [-0.39, 0.29) is 24.3 Å². The maximum Gasteiger partial charge on any atom is 0.257 e. The Balaban J connectivity index is 1.38. The molecule has 9 nitrogen and oxygen atoms in total. The Kier molecular flexibility index (Phi) is 7.64. The smallest absolute Gasteiger partial charge is 0.257 e. The minimum atomic E-state index is -0.225. The second-order valence-electron chi connectivity index (χ2n) is 7.23. The van der Waals surface area contributed by atoms with E-state index in [1.807, 2.05) is 4.90 Å². The molecule has 2 heterocycles. The van der Waals surface area contributed by atoms with Crippen LogP contribution in [0.4, 0.5) is 0 Å². The molecule has 0 radical (unpaired) electrons. The van der Waals surface area contributed by atoms with Crippen LogP contribution in [0.15, 0.2) is 23.3 Å². The number of hydrazone groups is 1. The van der Waals surface area contributed by atoms with E-state index in [4.69, 9.17) is 16.3 Å². The molecule has 2 N–H and O–H groups in total. The number of nitrogens with zero attached hydrogens (tertiary/aromatic N) is 3. The number of amides is 3. The van der Waals surface area contributed by atoms with Crippen LogP contribution in [0.3, 0.4) is 0 Å². The number of rotatable bonds is 7. The van der Waals surface area contributed by atoms with Crippen molar-refractivity contribution in [3.8, 4) is 5.75 Å². The van der Waals surface area contributed by atoms with E-state index in [0.717, 1.165) is 44.0 Å². The number of nitrogens with one attached hydrogen (secondary N) is 2. The number of carbonyl (C=O) groups is 3. The highest BCUT2D eigenvalue weighted by molar-refractivity contribution is 6.32. The first kappa shape index (κ1) is 22.0. The van der Waals surface area contributed by atoms with Gasteiger partial charge in [0.25, 0.3) is 5.91 Å². The fourth-order valence-electron chi connectivity index (χ4n) is 3.31. The minimum Gasteiger partial charge on any atom is -0.482 e. The maximum atomic E-state index is 12.0. The van der Waals surface area contributed by atoms with E-state index >= 15 is 0 Å². The van der Waals surface area contributed by atoms with Gasteiger partial charge in [-0.1, -0.05) is 11.6 Å². The fraction of sp³-hybridized carbons (Fsp3) is 0.500. The molecule has 2 aliphatic heterocycles. The lowest BCUT2D eigenvalue weighted by Gasteiger charge is -2.34. The number of benzene rings is 1. The number of hydrogen-bond donors (Lipinski definition) is 2. The lowest BCUT2D eigenvalue weighted by atomic mass is 10.0. The number of carbonyl (C=O) groups excluding carboxylic acids is 3. The molecule has 0 aromatic heterocycles. The average Bonchev–Trinajstić information content (AvgIpc) is 2.74. The first-order valence-corrected chi connectivity index (χ1v) is 10.3. The molecule has 0 unspecified atom stereocenters. The molecular formula is C20H26ClN5O4. The molecule has 162 valence electrons. The Morgan fingerprint density at radius 3 is 2.63 bits per heavy atom. The van der Waals surface area contributed by atoms with Gasteiger partial charge in [0, 0.05) is 59.0 Å². The second-order valence-corrected chi connectivity index (χ2v) is 7.63. The van der Waals surface area contributed by atoms with Gasteiger partial charge in [0.1, 0.15) is 5.75 Å². The summed E-state index contributed by atoms with van der Waals surface area (Å²) < 4.78 is 5.53. The van der Waals surface area contributed by atoms with Gasteiger partial charge in [-0.2, -0.15) is 5.10 Å². The largest absolute Gasteiger partial charge is 0.482 e. The summed E-state index contributed by atoms with van der Waals surface area (Å²) >= 11 is 6.27. The Bertz CT molecular complexity index is 836. The molecule has 0 atom stereocenters. The average molecular weight is 436 g/mol. The van der Waals surface area contributed by atoms with Crippen molar-refractivity contribution < 1.29 is 19.1 Å². The van der Waals surface area contributed by atoms with E-state index in [1.165, 1.54) is 0 Å². The highest BCUT2D eigenvalue weighted by Crippen LogP contribution is 2.26. The van der Waals surface area contributed by atoms with Crippen LogP contribution in [-0.4, -0.2) is 79.1 Å². The fourth-order valence-corrected chi connectivity index (χ4v) is 3.55. The molecule has 1 aromatic carbocycles. The molecule has 2 aliphatic rings. The number of piperazine rings is 1. The third-order valence-corrected chi connectivity index (χ3v) is 5.39. The highest BCUT2D eigenvalue weighted by atomic mass is 35.5. The molecule has 3 rings (SSSR count). The van der Waals surface area contributed by atoms with Crippen molar-refractivity contribution >= 4 is 35.0 Å². The molecule has 1 fully saturated rings. The quantitative estimate of drug-likeness (QED) is 0.653. The summed E-state index contributed by atoms with van der Waals surface area (Å²) in [5.41, 5.74) is 4.02. The summed E-state index contributed by atoms with van der Waals surface area (Å²) in [4.78, 5) is 38.6. The first-order valence-electron chi connectivity index (χ1n) is 9.95. The molecule has 1 saturated heterocycles. The zero-order chi connectivity index (χ0) is 21.5. The van der Waals surface area contributed by atoms with Crippen molar-refractivity contribution in [1.82, 2.24) is 20.5 Å². The molecule has 0 bridgehead atoms. The predicted molar refractivity (Wildman–Crippen MR) is 113 cm³/mol. The third kappa shape index (κ3) is 6.17. The van der Waals surface area contributed by atoms with E-state index in [2.05, 4.69) is 20.7 Å². The van der Waals surface area contributed by atoms with Gasteiger partial charge in [-0.15, -0.1) is 0 Å². The molecule has 0 saturated carbocycles. The standard InChI is InChI=1S/C20H26ClN5O4/c1-14(27)26-10-8-25(9-11-26)7-6-22-20(29)13-30-18-4-2-15(12-16(18)21)17-3-5-19(28)24-23-17/h2,4,12H,3,5-11,13H2,1H3,(H,22,29)(H,24,28). The Morgan fingerprint density at radius 2 is 2.00 bits per heavy atom. The lowest BCUT2D eigenvalue weighted by molar-refractivity contribution is -0.130. The summed E-state index contributed by atoms with van der Waals surface area (Å²) in [6.07, 6.45) is 0.940. The normalized spacial score (nSPS) is 17.2. The summed E-state index contributed by atoms with van der Waals surface area (Å²) in [6, 6.07) is 5.21. The van der Waals surface area contributed by atoms with Crippen LogP contribution < -0.4 is 15.5 Å². The lowest BCUT2D eigenvalue weighted by Crippen LogP contribution is -2.49. The molecule has 10 heteroatoms. The molecule has 0 spiro atoms. The van der Waals surface area contributed by atoms with Crippen molar-refractivity contribution in [1.29, 1.82) is 0 Å². The van der Waals surface area contributed by atoms with Gasteiger partial charge in [0.15, 0.2) is 6.61 Å². The van der Waals surface area contributed by atoms with E-state index in [9.17, 15) is 14.4 Å². The van der Waals surface area contributed by atoms with Gasteiger partial charge in [-0.25, -0.2) is 5.43 Å². The molecule has 30 heavy (non-hydrogen) atoms. The van der Waals surface area contributed by atoms with Crippen LogP contribution in [0.5, 0.6) is 5.75 Å². The summed E-state index contributed by atoms with van der Waals surface area (Å²) in [5.74, 6) is 0.188. The van der Waals surface area contributed by atoms with Crippen molar-refractivity contribution in [3.05, 3.63) is 28.8 Å². The monoisotopic (exact) mass is 435 g/mol. The zero-order valence-corrected chi connectivity index (χ0v) is 17.7. The second kappa shape index (κ2) is 10.4. The van der Waals surface area contributed by atoms with E-state index < -0.39 is 0 Å². The topological polar surface area (TPSA) is 103 Å². The van der Waals surface area contributed by atoms with Gasteiger partial charge in [-0.3, -0.25) is 19.3 Å². The molecule has 0 aliphatic carbocycles. The van der Waals surface area contributed by atoms with Crippen LogP contribution in [0.1, 0.15) is 25.3 Å². The summed E-state index contributed by atoms with van der Waals surface area (Å²) in [7, 11) is 0. The van der Waals surface area contributed by atoms with Crippen LogP contribution >= 0.6 is 11.6 Å². The van der Waals surface area contributed by atoms with Crippen molar-refractivity contribution in [2.24, 2.45) is 5.10 Å². The van der Waals surface area contributed by atoms with Gasteiger partial charge >= 0.3 is 0 Å². The molecule has 1 aromatic rings. The van der Waals surface area contributed by atoms with Gasteiger partial charge in [0.05, 0.1) is 10.7 Å². The van der Waals surface area contributed by atoms with Gasteiger partial charge in [-0.05, 0) is 23.8 Å². The van der Waals surface area contributed by atoms with Crippen molar-refractivity contribution in [2.75, 3.05) is 45.9 Å². The highest BCUT2D eigenvalue weighted by Gasteiger charge is 2.18. The van der Waals surface area contributed by atoms with E-state index in [0.29, 0.717) is 30.2 Å². The predicted octanol–water partition coefficient (Wildman–Crippen LogP) is 0.613. The third-order valence-electron chi connectivity index (χ3n) is 5.10. The number of halogens is 1. The van der Waals surface area contributed by atoms with E-state index in [1.54, 1.807) is 25.1 Å². The molecular weight excluding hydrogens is 410 g/mol. The van der Waals surface area contributed by atoms with Crippen molar-refractivity contribution in [2.45, 2.75) is 19.8 Å². The van der Waals surface area contributed by atoms with Crippen LogP contribution in [0, 0.1) is 0 Å². The number of ether oxygens (including phenoxy) is 1. The minimum absolute atomic E-state index is 0.102. The van der Waals surface area contributed by atoms with Crippen LogP contribution in [0.2, 0.25) is 5.02 Å². The Labute approximate surface area is 180 Å². The summed E-state index contributed by atoms with van der Waals surface area (Å²) in [5, 5.41) is 7.25. The first-order chi connectivity index (χ1) is 14.4. The molecule has 3 amide bonds. The van der Waals surface area contributed by atoms with Crippen LogP contribution in [0.25, 0.3) is 0 Å². The van der Waals surface area contributed by atoms with Gasteiger partial charge in [0.2, 0.25) is 11.8 Å².